The predicted octanol–water partition coefficient (Wildman–Crippen LogP) is 3.94. The smallest absolute Gasteiger partial charge is 0.303 e. The zero-order chi connectivity index (χ0) is 23.3. The van der Waals surface area contributed by atoms with Crippen molar-refractivity contribution in [2.45, 2.75) is 89.8 Å². The number of aliphatic carboxylic acids is 1. The van der Waals surface area contributed by atoms with E-state index in [9.17, 15) is 19.8 Å². The minimum atomic E-state index is -0.769. The molecule has 1 aliphatic carbocycles. The summed E-state index contributed by atoms with van der Waals surface area (Å²) in [5.74, 6) is -0.869. The SMILES string of the molecule is CCOCCc1cccc(C[C@@H](O)CC[C@H]2[C@H](O)CC(=O)[C@@H]2CCCCCCC(=O)O)c1. The third-order valence-corrected chi connectivity index (χ3v) is 6.53. The number of Topliss-reactive ketones (excluding diaryl/α,β-unsaturated/α-hetero) is 1. The van der Waals surface area contributed by atoms with E-state index >= 15 is 0 Å². The van der Waals surface area contributed by atoms with Crippen LogP contribution in [0.25, 0.3) is 0 Å². The van der Waals surface area contributed by atoms with Crippen molar-refractivity contribution in [2.24, 2.45) is 11.8 Å². The normalized spacial score (nSPS) is 21.7. The van der Waals surface area contributed by atoms with Gasteiger partial charge in [0.05, 0.1) is 18.8 Å². The van der Waals surface area contributed by atoms with Crippen LogP contribution in [-0.2, 0) is 27.2 Å². The van der Waals surface area contributed by atoms with Gasteiger partial charge in [0.15, 0.2) is 0 Å². The average Bonchev–Trinajstić information content (AvgIpc) is 3.01. The van der Waals surface area contributed by atoms with Gasteiger partial charge in [-0.15, -0.1) is 0 Å². The lowest BCUT2D eigenvalue weighted by atomic mass is 9.85. The molecule has 1 fully saturated rings. The Hall–Kier alpha value is -1.76. The molecule has 0 spiro atoms. The zero-order valence-electron chi connectivity index (χ0n) is 19.4. The molecular formula is C26H40O6. The molecule has 6 nitrogen and oxygen atoms in total. The van der Waals surface area contributed by atoms with Crippen LogP contribution in [-0.4, -0.2) is 52.5 Å². The van der Waals surface area contributed by atoms with Crippen LogP contribution in [0.15, 0.2) is 24.3 Å². The summed E-state index contributed by atoms with van der Waals surface area (Å²) in [6.45, 7) is 3.38. The lowest BCUT2D eigenvalue weighted by Crippen LogP contribution is -2.23. The molecule has 1 aliphatic rings. The Morgan fingerprint density at radius 2 is 1.91 bits per heavy atom. The topological polar surface area (TPSA) is 104 Å². The summed E-state index contributed by atoms with van der Waals surface area (Å²) in [6, 6.07) is 8.22. The Kier molecular flexibility index (Phi) is 11.9. The highest BCUT2D eigenvalue weighted by Crippen LogP contribution is 2.36. The molecule has 0 amide bonds. The van der Waals surface area contributed by atoms with E-state index < -0.39 is 18.2 Å². The van der Waals surface area contributed by atoms with Gasteiger partial charge in [-0.05, 0) is 62.5 Å². The van der Waals surface area contributed by atoms with E-state index in [1.54, 1.807) is 0 Å². The number of aliphatic hydroxyl groups excluding tert-OH is 2. The first-order valence-electron chi connectivity index (χ1n) is 12.2. The first-order chi connectivity index (χ1) is 15.4. The molecule has 3 N–H and O–H groups in total. The van der Waals surface area contributed by atoms with Gasteiger partial charge in [-0.3, -0.25) is 9.59 Å². The van der Waals surface area contributed by atoms with Crippen molar-refractivity contribution < 1.29 is 29.6 Å². The van der Waals surface area contributed by atoms with Crippen LogP contribution in [0.4, 0.5) is 0 Å². The van der Waals surface area contributed by atoms with Gasteiger partial charge in [-0.2, -0.15) is 0 Å². The van der Waals surface area contributed by atoms with Gasteiger partial charge in [-0.25, -0.2) is 0 Å². The molecular weight excluding hydrogens is 408 g/mol. The van der Waals surface area contributed by atoms with Crippen LogP contribution < -0.4 is 0 Å². The molecule has 0 saturated heterocycles. The molecule has 2 rings (SSSR count). The molecule has 0 heterocycles. The number of ketones is 1. The molecule has 32 heavy (non-hydrogen) atoms. The van der Waals surface area contributed by atoms with Crippen molar-refractivity contribution in [2.75, 3.05) is 13.2 Å². The van der Waals surface area contributed by atoms with Gasteiger partial charge < -0.3 is 20.1 Å². The summed E-state index contributed by atoms with van der Waals surface area (Å²) >= 11 is 0. The first kappa shape index (κ1) is 26.5. The summed E-state index contributed by atoms with van der Waals surface area (Å²) in [4.78, 5) is 23.0. The zero-order valence-corrected chi connectivity index (χ0v) is 19.4. The maximum Gasteiger partial charge on any atom is 0.303 e. The lowest BCUT2D eigenvalue weighted by molar-refractivity contribution is -0.137. The Morgan fingerprint density at radius 1 is 1.16 bits per heavy atom. The van der Waals surface area contributed by atoms with E-state index in [4.69, 9.17) is 9.84 Å². The lowest BCUT2D eigenvalue weighted by Gasteiger charge is -2.22. The fourth-order valence-corrected chi connectivity index (χ4v) is 4.78. The Bertz CT molecular complexity index is 703. The summed E-state index contributed by atoms with van der Waals surface area (Å²) in [5, 5.41) is 29.7. The van der Waals surface area contributed by atoms with Gasteiger partial charge in [0.2, 0.25) is 0 Å². The van der Waals surface area contributed by atoms with Crippen LogP contribution >= 0.6 is 0 Å². The van der Waals surface area contributed by atoms with Gasteiger partial charge in [0, 0.05) is 25.4 Å². The number of ether oxygens (including phenoxy) is 1. The van der Waals surface area contributed by atoms with Crippen molar-refractivity contribution in [3.05, 3.63) is 35.4 Å². The second-order valence-corrected chi connectivity index (χ2v) is 9.06. The van der Waals surface area contributed by atoms with E-state index in [1.165, 1.54) is 5.56 Å². The van der Waals surface area contributed by atoms with Gasteiger partial charge in [0.25, 0.3) is 0 Å². The van der Waals surface area contributed by atoms with Crippen LogP contribution in [0.3, 0.4) is 0 Å². The molecule has 0 aliphatic heterocycles. The van der Waals surface area contributed by atoms with Crippen molar-refractivity contribution >= 4 is 11.8 Å². The Balaban J connectivity index is 1.76. The molecule has 1 saturated carbocycles. The molecule has 1 aromatic carbocycles. The van der Waals surface area contributed by atoms with E-state index in [2.05, 4.69) is 12.1 Å². The number of carboxylic acid groups (broad SMARTS) is 1. The van der Waals surface area contributed by atoms with Crippen molar-refractivity contribution in [3.63, 3.8) is 0 Å². The van der Waals surface area contributed by atoms with E-state index in [0.717, 1.165) is 37.7 Å². The largest absolute Gasteiger partial charge is 0.481 e. The standard InChI is InChI=1S/C26H40O6/c1-2-32-15-14-19-8-7-9-20(16-19)17-21(27)12-13-23-22(24(28)18-25(23)29)10-5-3-4-6-11-26(30)31/h7-9,16,21-23,25,27,29H,2-6,10-15,17-18H2,1H3,(H,30,31)/t21-,22+,23+,25+/m0/s1. The highest BCUT2D eigenvalue weighted by Gasteiger charge is 2.40. The molecule has 6 heteroatoms. The van der Waals surface area contributed by atoms with E-state index in [-0.39, 0.29) is 30.5 Å². The average molecular weight is 449 g/mol. The quantitative estimate of drug-likeness (QED) is 0.331. The molecule has 0 radical (unpaired) electrons. The number of hydrogen-bond acceptors (Lipinski definition) is 5. The number of benzene rings is 1. The number of hydrogen-bond donors (Lipinski definition) is 3. The van der Waals surface area contributed by atoms with Gasteiger partial charge in [0.1, 0.15) is 5.78 Å². The summed E-state index contributed by atoms with van der Waals surface area (Å²) in [6.07, 6.45) is 5.94. The highest BCUT2D eigenvalue weighted by molar-refractivity contribution is 5.84. The third kappa shape index (κ3) is 9.39. The molecule has 0 unspecified atom stereocenters. The summed E-state index contributed by atoms with van der Waals surface area (Å²) in [5.41, 5.74) is 2.29. The number of carbonyl (C=O) groups excluding carboxylic acids is 1. The number of carboxylic acids is 1. The molecule has 4 atom stereocenters. The van der Waals surface area contributed by atoms with Crippen molar-refractivity contribution in [1.29, 1.82) is 0 Å². The first-order valence-corrected chi connectivity index (χ1v) is 12.2. The van der Waals surface area contributed by atoms with Crippen LogP contribution in [0, 0.1) is 11.8 Å². The molecule has 1 aromatic rings. The number of unbranched alkanes of at least 4 members (excludes halogenated alkanes) is 3. The fraction of sp³-hybridized carbons (Fsp3) is 0.692. The second-order valence-electron chi connectivity index (χ2n) is 9.06. The predicted molar refractivity (Wildman–Crippen MR) is 124 cm³/mol. The summed E-state index contributed by atoms with van der Waals surface area (Å²) in [7, 11) is 0. The van der Waals surface area contributed by atoms with Gasteiger partial charge in [-0.1, -0.05) is 43.5 Å². The maximum atomic E-state index is 12.4. The van der Waals surface area contributed by atoms with Crippen molar-refractivity contribution in [1.82, 2.24) is 0 Å². The minimum absolute atomic E-state index is 0.0892. The van der Waals surface area contributed by atoms with Crippen LogP contribution in [0.2, 0.25) is 0 Å². The fourth-order valence-electron chi connectivity index (χ4n) is 4.78. The third-order valence-electron chi connectivity index (χ3n) is 6.53. The number of aliphatic hydroxyl groups is 2. The Morgan fingerprint density at radius 3 is 2.66 bits per heavy atom. The monoisotopic (exact) mass is 448 g/mol. The van der Waals surface area contributed by atoms with Crippen LogP contribution in [0.1, 0.15) is 75.8 Å². The maximum absolute atomic E-state index is 12.4. The number of rotatable bonds is 16. The minimum Gasteiger partial charge on any atom is -0.481 e. The van der Waals surface area contributed by atoms with E-state index in [0.29, 0.717) is 38.9 Å². The highest BCUT2D eigenvalue weighted by atomic mass is 16.5. The van der Waals surface area contributed by atoms with Crippen LogP contribution in [0.5, 0.6) is 0 Å². The van der Waals surface area contributed by atoms with Crippen molar-refractivity contribution in [3.8, 4) is 0 Å². The molecule has 0 bridgehead atoms. The Labute approximate surface area is 192 Å². The molecule has 180 valence electrons. The molecule has 0 aromatic heterocycles. The van der Waals surface area contributed by atoms with Gasteiger partial charge >= 0.3 is 5.97 Å². The second kappa shape index (κ2) is 14.4. The summed E-state index contributed by atoms with van der Waals surface area (Å²) < 4.78 is 5.42. The van der Waals surface area contributed by atoms with E-state index in [1.807, 2.05) is 19.1 Å². The number of carbonyl (C=O) groups is 2.